The summed E-state index contributed by atoms with van der Waals surface area (Å²) in [7, 11) is 0. The molecule has 2 rings (SSSR count). The SMILES string of the molecule is CC(c1cccc(C(=O)N(Br)Br)c1C(=O)N(Br)Br)c1cccc(C(=O)N(Br)Br)c1C(=O)N(Br)Br. The molecule has 0 aliphatic heterocycles. The maximum Gasteiger partial charge on any atom is 0.275 e. The number of hydrogen-bond donors (Lipinski definition) is 0. The Labute approximate surface area is 263 Å². The highest BCUT2D eigenvalue weighted by Crippen LogP contribution is 2.36. The molecule has 4 amide bonds. The van der Waals surface area contributed by atoms with Gasteiger partial charge in [-0.05, 0) is 23.3 Å². The number of hydrogen-bond acceptors (Lipinski definition) is 4. The van der Waals surface area contributed by atoms with E-state index in [1.54, 1.807) is 31.2 Å². The Balaban J connectivity index is 2.88. The summed E-state index contributed by atoms with van der Waals surface area (Å²) in [6, 6.07) is 9.61. The molecule has 0 bridgehead atoms. The predicted molar refractivity (Wildman–Crippen MR) is 156 cm³/mol. The molecule has 0 atom stereocenters. The minimum absolute atomic E-state index is 0.0879. The van der Waals surface area contributed by atoms with Crippen LogP contribution in [-0.2, 0) is 0 Å². The van der Waals surface area contributed by atoms with Gasteiger partial charge in [0.2, 0.25) is 0 Å². The van der Waals surface area contributed by atoms with E-state index in [0.29, 0.717) is 11.1 Å². The normalized spacial score (nSPS) is 10.6. The summed E-state index contributed by atoms with van der Waals surface area (Å²) in [4.78, 5) is 51.8. The third-order valence-electron chi connectivity index (χ3n) is 4.63. The van der Waals surface area contributed by atoms with Gasteiger partial charge in [0.25, 0.3) is 23.6 Å². The highest BCUT2D eigenvalue weighted by Gasteiger charge is 2.32. The van der Waals surface area contributed by atoms with Crippen LogP contribution in [0.4, 0.5) is 0 Å². The highest BCUT2D eigenvalue weighted by atomic mass is 79.9. The lowest BCUT2D eigenvalue weighted by Crippen LogP contribution is -2.24. The average Bonchev–Trinajstić information content (AvgIpc) is 2.80. The molecule has 0 aliphatic rings. The molecule has 0 fully saturated rings. The van der Waals surface area contributed by atoms with Crippen molar-refractivity contribution in [1.82, 2.24) is 11.8 Å². The zero-order valence-corrected chi connectivity index (χ0v) is 29.2. The molecule has 182 valence electrons. The van der Waals surface area contributed by atoms with E-state index in [1.165, 1.54) is 12.1 Å². The molecule has 0 heterocycles. The Kier molecular flexibility index (Phi) is 11.7. The molecule has 2 aromatic rings. The Morgan fingerprint density at radius 3 is 1.12 bits per heavy atom. The van der Waals surface area contributed by atoms with Crippen LogP contribution >= 0.6 is 129 Å². The van der Waals surface area contributed by atoms with Gasteiger partial charge in [0.1, 0.15) is 0 Å². The molecule has 0 radical (unpaired) electrons. The zero-order chi connectivity index (χ0) is 25.9. The molecule has 2 aromatic carbocycles. The number of halogens is 8. The third-order valence-corrected chi connectivity index (χ3v) is 7.21. The molecule has 0 aliphatic carbocycles. The van der Waals surface area contributed by atoms with E-state index >= 15 is 0 Å². The van der Waals surface area contributed by atoms with E-state index < -0.39 is 29.5 Å². The lowest BCUT2D eigenvalue weighted by atomic mass is 9.83. The monoisotopic (exact) mass is 977 g/mol. The molecule has 0 unspecified atom stereocenters. The van der Waals surface area contributed by atoms with Crippen molar-refractivity contribution >= 4 is 153 Å². The number of nitrogens with zero attached hydrogens (tertiary/aromatic N) is 4. The second-order valence-corrected chi connectivity index (χ2v) is 15.9. The van der Waals surface area contributed by atoms with Gasteiger partial charge in [-0.3, -0.25) is 19.2 Å². The summed E-state index contributed by atoms with van der Waals surface area (Å²) in [5.74, 6) is -2.76. The molecule has 0 saturated heterocycles. The fourth-order valence-electron chi connectivity index (χ4n) is 3.21. The number of benzene rings is 2. The molecule has 0 N–H and O–H groups in total. The fourth-order valence-corrected chi connectivity index (χ4v) is 4.69. The zero-order valence-electron chi connectivity index (χ0n) is 16.5. The van der Waals surface area contributed by atoms with E-state index in [2.05, 4.69) is 129 Å². The summed E-state index contributed by atoms with van der Waals surface area (Å²) in [5, 5.41) is 0. The fraction of sp³-hybridized carbons (Fsp3) is 0.111. The van der Waals surface area contributed by atoms with Crippen LogP contribution < -0.4 is 0 Å². The Morgan fingerprint density at radius 2 is 0.853 bits per heavy atom. The van der Waals surface area contributed by atoms with Crippen LogP contribution in [0, 0.1) is 0 Å². The lowest BCUT2D eigenvalue weighted by Gasteiger charge is -2.23. The summed E-state index contributed by atoms with van der Waals surface area (Å²) in [6.45, 7) is 1.76. The molecular formula is C18H10Br8N4O4. The largest absolute Gasteiger partial charge is 0.275 e. The van der Waals surface area contributed by atoms with E-state index in [-0.39, 0.29) is 22.3 Å². The van der Waals surface area contributed by atoms with E-state index in [9.17, 15) is 19.2 Å². The van der Waals surface area contributed by atoms with Gasteiger partial charge in [-0.1, -0.05) is 31.2 Å². The minimum Gasteiger partial charge on any atom is -0.267 e. The first-order chi connectivity index (χ1) is 15.8. The quantitative estimate of drug-likeness (QED) is 0.275. The molecule has 8 nitrogen and oxygen atoms in total. The Hall–Kier alpha value is 0.160. The van der Waals surface area contributed by atoms with Crippen LogP contribution in [0.1, 0.15) is 65.4 Å². The van der Waals surface area contributed by atoms with Crippen LogP contribution in [0.5, 0.6) is 0 Å². The van der Waals surface area contributed by atoms with Gasteiger partial charge in [0.05, 0.1) is 151 Å². The standard InChI is InChI=1S/C18H10Br8N4O4/c1-8(9-4-2-6-11(15(31)27(19)20)13(9)17(33)29(23)24)10-5-3-7-12(16(32)28(21)22)14(10)18(34)30(25)26/h2-8H,1H3. The topological polar surface area (TPSA) is 81.2 Å². The van der Waals surface area contributed by atoms with Gasteiger partial charge >= 0.3 is 0 Å². The first-order valence-corrected chi connectivity index (χ1v) is 14.4. The lowest BCUT2D eigenvalue weighted by molar-refractivity contribution is 0.0904. The molecule has 16 heteroatoms. The number of rotatable bonds is 6. The van der Waals surface area contributed by atoms with Crippen molar-refractivity contribution in [2.24, 2.45) is 0 Å². The third kappa shape index (κ3) is 6.72. The van der Waals surface area contributed by atoms with Crippen molar-refractivity contribution in [3.8, 4) is 0 Å². The second kappa shape index (κ2) is 13.1. The summed E-state index contributed by atoms with van der Waals surface area (Å²) in [6.07, 6.45) is 0. The molecule has 0 aromatic heterocycles. The molecule has 0 spiro atoms. The van der Waals surface area contributed by atoms with E-state index in [4.69, 9.17) is 0 Å². The van der Waals surface area contributed by atoms with Crippen LogP contribution in [0.3, 0.4) is 0 Å². The summed E-state index contributed by atoms with van der Waals surface area (Å²) in [5.41, 5.74) is 1.27. The smallest absolute Gasteiger partial charge is 0.267 e. The van der Waals surface area contributed by atoms with Crippen molar-refractivity contribution in [3.05, 3.63) is 69.8 Å². The molecule has 0 saturated carbocycles. The van der Waals surface area contributed by atoms with Gasteiger partial charge in [-0.25, -0.2) is 11.8 Å². The van der Waals surface area contributed by atoms with Crippen LogP contribution in [-0.4, -0.2) is 35.4 Å². The van der Waals surface area contributed by atoms with Gasteiger partial charge in [0, 0.05) is 5.92 Å². The highest BCUT2D eigenvalue weighted by molar-refractivity contribution is 9.22. The van der Waals surface area contributed by atoms with Crippen molar-refractivity contribution in [2.45, 2.75) is 12.8 Å². The van der Waals surface area contributed by atoms with Crippen LogP contribution in [0.25, 0.3) is 0 Å². The van der Waals surface area contributed by atoms with Gasteiger partial charge < -0.3 is 0 Å². The Bertz CT molecular complexity index is 1060. The summed E-state index contributed by atoms with van der Waals surface area (Å²) < 4.78 is 3.98. The van der Waals surface area contributed by atoms with Gasteiger partial charge in [-0.2, -0.15) is 0 Å². The van der Waals surface area contributed by atoms with E-state index in [1.807, 2.05) is 0 Å². The van der Waals surface area contributed by atoms with Crippen molar-refractivity contribution < 1.29 is 19.2 Å². The first kappa shape index (κ1) is 30.4. The minimum atomic E-state index is -0.600. The van der Waals surface area contributed by atoms with Gasteiger partial charge in [0.15, 0.2) is 0 Å². The number of carbonyl (C=O) groups is 4. The first-order valence-electron chi connectivity index (χ1n) is 8.71. The molecular weight excluding hydrogens is 975 g/mol. The molecule has 34 heavy (non-hydrogen) atoms. The number of carbonyl (C=O) groups excluding carboxylic acids is 4. The van der Waals surface area contributed by atoms with Crippen molar-refractivity contribution in [2.75, 3.05) is 0 Å². The van der Waals surface area contributed by atoms with Crippen LogP contribution in [0.15, 0.2) is 36.4 Å². The maximum atomic E-state index is 13.1. The maximum absolute atomic E-state index is 13.1. The van der Waals surface area contributed by atoms with Crippen molar-refractivity contribution in [1.29, 1.82) is 0 Å². The van der Waals surface area contributed by atoms with E-state index in [0.717, 1.165) is 11.8 Å². The van der Waals surface area contributed by atoms with Gasteiger partial charge in [-0.15, -0.1) is 0 Å². The van der Waals surface area contributed by atoms with Crippen LogP contribution in [0.2, 0.25) is 0 Å². The Morgan fingerprint density at radius 1 is 0.559 bits per heavy atom. The average molecular weight is 986 g/mol. The summed E-state index contributed by atoms with van der Waals surface area (Å²) >= 11 is 24.4. The number of amides is 4. The van der Waals surface area contributed by atoms with Crippen molar-refractivity contribution in [3.63, 3.8) is 0 Å². The second-order valence-electron chi connectivity index (χ2n) is 6.41. The predicted octanol–water partition coefficient (Wildman–Crippen LogP) is 8.09.